The van der Waals surface area contributed by atoms with E-state index in [0.29, 0.717) is 12.0 Å². The van der Waals surface area contributed by atoms with Crippen molar-refractivity contribution in [3.63, 3.8) is 0 Å². The first kappa shape index (κ1) is 12.9. The molecule has 1 aliphatic carbocycles. The van der Waals surface area contributed by atoms with Crippen LogP contribution in [0.25, 0.3) is 0 Å². The third-order valence-electron chi connectivity index (χ3n) is 4.59. The first-order chi connectivity index (χ1) is 7.89. The minimum Gasteiger partial charge on any atom is -0.368 e. The molecule has 0 aromatic rings. The average molecular weight is 238 g/mol. The van der Waals surface area contributed by atoms with Gasteiger partial charge in [-0.3, -0.25) is 4.79 Å². The lowest BCUT2D eigenvalue weighted by Crippen LogP contribution is -2.60. The third-order valence-corrected chi connectivity index (χ3v) is 4.59. The maximum Gasteiger partial charge on any atom is 0.234 e. The Labute approximate surface area is 105 Å². The second-order valence-corrected chi connectivity index (χ2v) is 6.91. The number of nitrogens with two attached hydrogens (primary N) is 1. The molecule has 17 heavy (non-hydrogen) atoms. The van der Waals surface area contributed by atoms with Crippen molar-refractivity contribution >= 4 is 5.91 Å². The fourth-order valence-electron chi connectivity index (χ4n) is 3.77. The SMILES string of the molecule is CC(C)(C)[C@H]1N[C@@H](C(N)=O)C[C@H]2CCCC[C@H]21. The number of carbonyl (C=O) groups is 1. The van der Waals surface area contributed by atoms with Gasteiger partial charge in [0.2, 0.25) is 5.91 Å². The predicted octanol–water partition coefficient (Wildman–Crippen LogP) is 2.05. The highest BCUT2D eigenvalue weighted by Crippen LogP contribution is 2.43. The van der Waals surface area contributed by atoms with E-state index in [1.807, 2.05) is 0 Å². The number of fused-ring (bicyclic) bond motifs is 1. The van der Waals surface area contributed by atoms with E-state index in [2.05, 4.69) is 26.1 Å². The quantitative estimate of drug-likeness (QED) is 0.734. The Morgan fingerprint density at radius 3 is 2.47 bits per heavy atom. The molecule has 1 amide bonds. The maximum atomic E-state index is 11.5. The normalized spacial score (nSPS) is 38.5. The van der Waals surface area contributed by atoms with Gasteiger partial charge in [-0.15, -0.1) is 0 Å². The molecule has 98 valence electrons. The van der Waals surface area contributed by atoms with Gasteiger partial charge in [0.15, 0.2) is 0 Å². The molecule has 0 aromatic heterocycles. The molecule has 3 heteroatoms. The van der Waals surface area contributed by atoms with Gasteiger partial charge in [0.1, 0.15) is 0 Å². The maximum absolute atomic E-state index is 11.5. The van der Waals surface area contributed by atoms with E-state index in [9.17, 15) is 4.79 Å². The lowest BCUT2D eigenvalue weighted by atomic mass is 9.64. The van der Waals surface area contributed by atoms with Gasteiger partial charge in [0.25, 0.3) is 0 Å². The van der Waals surface area contributed by atoms with E-state index in [4.69, 9.17) is 5.73 Å². The summed E-state index contributed by atoms with van der Waals surface area (Å²) in [5.41, 5.74) is 5.70. The first-order valence-corrected chi connectivity index (χ1v) is 6.95. The molecular weight excluding hydrogens is 212 g/mol. The van der Waals surface area contributed by atoms with E-state index in [1.165, 1.54) is 25.7 Å². The van der Waals surface area contributed by atoms with Crippen LogP contribution in [-0.4, -0.2) is 18.0 Å². The molecule has 0 unspecified atom stereocenters. The lowest BCUT2D eigenvalue weighted by Gasteiger charge is -2.49. The fraction of sp³-hybridized carbons (Fsp3) is 0.929. The minimum absolute atomic E-state index is 0.112. The van der Waals surface area contributed by atoms with Crippen LogP contribution in [0.4, 0.5) is 0 Å². The van der Waals surface area contributed by atoms with Crippen molar-refractivity contribution in [2.24, 2.45) is 23.0 Å². The van der Waals surface area contributed by atoms with Crippen LogP contribution in [0.3, 0.4) is 0 Å². The monoisotopic (exact) mass is 238 g/mol. The van der Waals surface area contributed by atoms with Crippen LogP contribution >= 0.6 is 0 Å². The summed E-state index contributed by atoms with van der Waals surface area (Å²) in [4.78, 5) is 11.5. The molecule has 0 radical (unpaired) electrons. The molecular formula is C14H26N2O. The van der Waals surface area contributed by atoms with Crippen LogP contribution in [0.2, 0.25) is 0 Å². The Balaban J connectivity index is 2.18. The summed E-state index contributed by atoms with van der Waals surface area (Å²) in [5.74, 6) is 1.26. The van der Waals surface area contributed by atoms with Crippen molar-refractivity contribution in [2.75, 3.05) is 0 Å². The van der Waals surface area contributed by atoms with Gasteiger partial charge in [-0.05, 0) is 30.1 Å². The van der Waals surface area contributed by atoms with Crippen molar-refractivity contribution in [3.05, 3.63) is 0 Å². The van der Waals surface area contributed by atoms with E-state index >= 15 is 0 Å². The summed E-state index contributed by atoms with van der Waals surface area (Å²) < 4.78 is 0. The highest BCUT2D eigenvalue weighted by atomic mass is 16.1. The zero-order chi connectivity index (χ0) is 12.6. The third kappa shape index (κ3) is 2.65. The zero-order valence-corrected chi connectivity index (χ0v) is 11.3. The number of hydrogen-bond donors (Lipinski definition) is 2. The molecule has 1 saturated heterocycles. The van der Waals surface area contributed by atoms with Gasteiger partial charge < -0.3 is 11.1 Å². The Kier molecular flexibility index (Phi) is 3.48. The van der Waals surface area contributed by atoms with Crippen molar-refractivity contribution in [1.82, 2.24) is 5.32 Å². The standard InChI is InChI=1S/C14H26N2O/c1-14(2,3)12-10-7-5-4-6-9(10)8-11(16-12)13(15)17/h9-12,16H,4-8H2,1-3H3,(H2,15,17)/t9-,10-,11-,12+/m1/s1. The molecule has 3 N–H and O–H groups in total. The largest absolute Gasteiger partial charge is 0.368 e. The molecule has 0 spiro atoms. The summed E-state index contributed by atoms with van der Waals surface area (Å²) in [5, 5.41) is 3.52. The second kappa shape index (κ2) is 4.60. The summed E-state index contributed by atoms with van der Waals surface area (Å²) >= 11 is 0. The van der Waals surface area contributed by atoms with E-state index in [-0.39, 0.29) is 17.4 Å². The summed E-state index contributed by atoms with van der Waals surface area (Å²) in [6.45, 7) is 6.79. The lowest BCUT2D eigenvalue weighted by molar-refractivity contribution is -0.122. The summed E-state index contributed by atoms with van der Waals surface area (Å²) in [6, 6.07) is 0.317. The van der Waals surface area contributed by atoms with E-state index in [1.54, 1.807) is 0 Å². The van der Waals surface area contributed by atoms with Gasteiger partial charge in [-0.2, -0.15) is 0 Å². The molecule has 1 saturated carbocycles. The minimum atomic E-state index is -0.178. The average Bonchev–Trinajstić information content (AvgIpc) is 2.26. The second-order valence-electron chi connectivity index (χ2n) is 6.91. The Bertz CT molecular complexity index is 295. The molecule has 1 aliphatic heterocycles. The smallest absolute Gasteiger partial charge is 0.234 e. The van der Waals surface area contributed by atoms with Crippen LogP contribution in [0.5, 0.6) is 0 Å². The van der Waals surface area contributed by atoms with E-state index in [0.717, 1.165) is 12.3 Å². The number of piperidine rings is 1. The highest BCUT2D eigenvalue weighted by molar-refractivity contribution is 5.80. The van der Waals surface area contributed by atoms with Gasteiger partial charge in [0.05, 0.1) is 6.04 Å². The van der Waals surface area contributed by atoms with Crippen LogP contribution in [0.15, 0.2) is 0 Å². The molecule has 2 rings (SSSR count). The van der Waals surface area contributed by atoms with Gasteiger partial charge in [0, 0.05) is 6.04 Å². The number of amides is 1. The van der Waals surface area contributed by atoms with Crippen molar-refractivity contribution in [1.29, 1.82) is 0 Å². The van der Waals surface area contributed by atoms with Gasteiger partial charge in [-0.1, -0.05) is 40.0 Å². The van der Waals surface area contributed by atoms with Crippen molar-refractivity contribution in [2.45, 2.75) is 65.0 Å². The Hall–Kier alpha value is -0.570. The van der Waals surface area contributed by atoms with Crippen LogP contribution < -0.4 is 11.1 Å². The summed E-state index contributed by atoms with van der Waals surface area (Å²) in [7, 11) is 0. The molecule has 4 atom stereocenters. The Morgan fingerprint density at radius 2 is 1.88 bits per heavy atom. The zero-order valence-electron chi connectivity index (χ0n) is 11.3. The van der Waals surface area contributed by atoms with Crippen molar-refractivity contribution < 1.29 is 4.79 Å². The molecule has 3 nitrogen and oxygen atoms in total. The molecule has 2 aliphatic rings. The predicted molar refractivity (Wildman–Crippen MR) is 69.4 cm³/mol. The molecule has 0 bridgehead atoms. The van der Waals surface area contributed by atoms with Gasteiger partial charge in [-0.25, -0.2) is 0 Å². The summed E-state index contributed by atoms with van der Waals surface area (Å²) in [6.07, 6.45) is 6.21. The van der Waals surface area contributed by atoms with E-state index < -0.39 is 0 Å². The molecule has 0 aromatic carbocycles. The number of nitrogens with one attached hydrogen (secondary N) is 1. The number of hydrogen-bond acceptors (Lipinski definition) is 2. The Morgan fingerprint density at radius 1 is 1.24 bits per heavy atom. The fourth-order valence-corrected chi connectivity index (χ4v) is 3.77. The number of rotatable bonds is 1. The van der Waals surface area contributed by atoms with Crippen LogP contribution in [0, 0.1) is 17.3 Å². The van der Waals surface area contributed by atoms with Crippen LogP contribution in [0.1, 0.15) is 52.9 Å². The van der Waals surface area contributed by atoms with Crippen molar-refractivity contribution in [3.8, 4) is 0 Å². The highest BCUT2D eigenvalue weighted by Gasteiger charge is 2.44. The number of carbonyl (C=O) groups excluding carboxylic acids is 1. The van der Waals surface area contributed by atoms with Gasteiger partial charge >= 0.3 is 0 Å². The topological polar surface area (TPSA) is 55.1 Å². The molecule has 2 fully saturated rings. The van der Waals surface area contributed by atoms with Crippen LogP contribution in [-0.2, 0) is 4.79 Å². The number of primary amides is 1. The first-order valence-electron chi connectivity index (χ1n) is 6.95. The molecule has 1 heterocycles.